The zero-order valence-corrected chi connectivity index (χ0v) is 17.9. The third-order valence-corrected chi connectivity index (χ3v) is 5.18. The number of hydrogen-bond donors (Lipinski definition) is 0. The summed E-state index contributed by atoms with van der Waals surface area (Å²) in [6.45, 7) is 4.28. The summed E-state index contributed by atoms with van der Waals surface area (Å²) in [7, 11) is 1.64. The van der Waals surface area contributed by atoms with Gasteiger partial charge in [-0.15, -0.1) is 0 Å². The van der Waals surface area contributed by atoms with Crippen molar-refractivity contribution < 1.29 is 19.1 Å². The summed E-state index contributed by atoms with van der Waals surface area (Å²) in [5, 5.41) is 0.282. The maximum Gasteiger partial charge on any atom is 0.340 e. The molecule has 3 aromatic rings. The molecule has 6 nitrogen and oxygen atoms in total. The highest BCUT2D eigenvalue weighted by Crippen LogP contribution is 2.18. The molecule has 0 amide bonds. The van der Waals surface area contributed by atoms with Crippen LogP contribution in [0.5, 0.6) is 5.75 Å². The molecule has 156 valence electrons. The summed E-state index contributed by atoms with van der Waals surface area (Å²) in [5.74, 6) is -0.0289. The monoisotopic (exact) mass is 426 g/mol. The number of hydrogen-bond acceptors (Lipinski definition) is 5. The molecule has 0 aliphatic heterocycles. The van der Waals surface area contributed by atoms with Gasteiger partial charge in [0.15, 0.2) is 6.61 Å². The van der Waals surface area contributed by atoms with E-state index in [1.54, 1.807) is 7.11 Å². The first-order chi connectivity index (χ1) is 14.4. The number of carbonyl (C=O) groups excluding carboxylic acids is 2. The summed E-state index contributed by atoms with van der Waals surface area (Å²) < 4.78 is 12.4. The number of aromatic nitrogens is 2. The molecule has 0 fully saturated rings. The highest BCUT2D eigenvalue weighted by Gasteiger charge is 2.18. The average molecular weight is 427 g/mol. The number of halogens is 1. The second-order valence-electron chi connectivity index (χ2n) is 6.90. The average Bonchev–Trinajstić information content (AvgIpc) is 3.04. The van der Waals surface area contributed by atoms with Crippen molar-refractivity contribution >= 4 is 23.4 Å². The van der Waals surface area contributed by atoms with Crippen LogP contribution in [-0.4, -0.2) is 35.0 Å². The Bertz CT molecular complexity index is 1040. The highest BCUT2D eigenvalue weighted by molar-refractivity contribution is 6.29. The number of benzene rings is 1. The van der Waals surface area contributed by atoms with Crippen LogP contribution in [-0.2, 0) is 17.7 Å². The molecular weight excluding hydrogens is 404 g/mol. The van der Waals surface area contributed by atoms with Crippen molar-refractivity contribution in [3.05, 3.63) is 81.9 Å². The SMILES string of the molecule is COc1ccc(CCn2c(C)cc(C(=O)COC(=O)c3ccc(Cl)nc3)c2C)cc1. The fourth-order valence-corrected chi connectivity index (χ4v) is 3.36. The van der Waals surface area contributed by atoms with Crippen LogP contribution in [0.15, 0.2) is 48.7 Å². The standard InChI is InChI=1S/C23H23ClN2O4/c1-15-12-20(21(27)14-30-23(28)18-6-9-22(24)25-13-18)16(2)26(15)11-10-17-4-7-19(29-3)8-5-17/h4-9,12-13H,10-11,14H2,1-3H3. The molecule has 0 bridgehead atoms. The first-order valence-corrected chi connectivity index (χ1v) is 9.88. The molecule has 30 heavy (non-hydrogen) atoms. The highest BCUT2D eigenvalue weighted by atomic mass is 35.5. The van der Waals surface area contributed by atoms with Crippen LogP contribution in [0.3, 0.4) is 0 Å². The van der Waals surface area contributed by atoms with Crippen molar-refractivity contribution in [2.45, 2.75) is 26.8 Å². The Morgan fingerprint density at radius 3 is 2.47 bits per heavy atom. The van der Waals surface area contributed by atoms with E-state index in [9.17, 15) is 9.59 Å². The van der Waals surface area contributed by atoms with Gasteiger partial charge in [-0.1, -0.05) is 23.7 Å². The van der Waals surface area contributed by atoms with Gasteiger partial charge >= 0.3 is 5.97 Å². The van der Waals surface area contributed by atoms with Gasteiger partial charge in [0.25, 0.3) is 0 Å². The van der Waals surface area contributed by atoms with E-state index in [1.165, 1.54) is 23.9 Å². The van der Waals surface area contributed by atoms with Crippen LogP contribution < -0.4 is 4.74 Å². The number of methoxy groups -OCH3 is 1. The van der Waals surface area contributed by atoms with E-state index < -0.39 is 5.97 Å². The normalized spacial score (nSPS) is 10.7. The maximum absolute atomic E-state index is 12.6. The third-order valence-electron chi connectivity index (χ3n) is 4.95. The molecule has 0 atom stereocenters. The van der Waals surface area contributed by atoms with E-state index in [1.807, 2.05) is 44.2 Å². The van der Waals surface area contributed by atoms with Crippen molar-refractivity contribution in [1.29, 1.82) is 0 Å². The minimum atomic E-state index is -0.610. The fourth-order valence-electron chi connectivity index (χ4n) is 3.25. The Morgan fingerprint density at radius 2 is 1.83 bits per heavy atom. The number of rotatable bonds is 8. The van der Waals surface area contributed by atoms with Gasteiger partial charge in [0.1, 0.15) is 10.9 Å². The molecule has 0 N–H and O–H groups in total. The minimum Gasteiger partial charge on any atom is -0.497 e. The number of esters is 1. The molecule has 0 saturated carbocycles. The van der Waals surface area contributed by atoms with Gasteiger partial charge in [-0.3, -0.25) is 4.79 Å². The van der Waals surface area contributed by atoms with Crippen LogP contribution in [0.1, 0.15) is 37.7 Å². The summed E-state index contributed by atoms with van der Waals surface area (Å²) in [5.41, 5.74) is 3.83. The molecular formula is C23H23ClN2O4. The number of carbonyl (C=O) groups is 2. The van der Waals surface area contributed by atoms with Crippen molar-refractivity contribution in [3.8, 4) is 5.75 Å². The molecule has 0 radical (unpaired) electrons. The van der Waals surface area contributed by atoms with Crippen LogP contribution in [0.4, 0.5) is 0 Å². The molecule has 2 heterocycles. The molecule has 2 aromatic heterocycles. The number of ketones is 1. The summed E-state index contributed by atoms with van der Waals surface area (Å²) >= 11 is 5.71. The minimum absolute atomic E-state index is 0.242. The largest absolute Gasteiger partial charge is 0.497 e. The lowest BCUT2D eigenvalue weighted by atomic mass is 10.1. The van der Waals surface area contributed by atoms with E-state index in [0.29, 0.717) is 5.56 Å². The molecule has 0 aliphatic carbocycles. The number of pyridine rings is 1. The van der Waals surface area contributed by atoms with Gasteiger partial charge in [-0.25, -0.2) is 9.78 Å². The van der Waals surface area contributed by atoms with Crippen molar-refractivity contribution in [1.82, 2.24) is 9.55 Å². The zero-order valence-electron chi connectivity index (χ0n) is 17.1. The van der Waals surface area contributed by atoms with Crippen LogP contribution in [0.2, 0.25) is 5.15 Å². The first kappa shape index (κ1) is 21.6. The topological polar surface area (TPSA) is 70.4 Å². The Labute approximate surface area is 180 Å². The lowest BCUT2D eigenvalue weighted by Gasteiger charge is -2.10. The molecule has 0 spiro atoms. The molecule has 7 heteroatoms. The number of nitrogens with zero attached hydrogens (tertiary/aromatic N) is 2. The smallest absolute Gasteiger partial charge is 0.340 e. The molecule has 3 rings (SSSR count). The van der Waals surface area contributed by atoms with Crippen molar-refractivity contribution in [3.63, 3.8) is 0 Å². The summed E-state index contributed by atoms with van der Waals surface area (Å²) in [6.07, 6.45) is 2.15. The summed E-state index contributed by atoms with van der Waals surface area (Å²) in [6, 6.07) is 12.8. The van der Waals surface area contributed by atoms with Gasteiger partial charge in [0.05, 0.1) is 12.7 Å². The van der Waals surface area contributed by atoms with E-state index in [2.05, 4.69) is 9.55 Å². The Morgan fingerprint density at radius 1 is 1.10 bits per heavy atom. The lowest BCUT2D eigenvalue weighted by Crippen LogP contribution is -2.15. The van der Waals surface area contributed by atoms with Crippen molar-refractivity contribution in [2.75, 3.05) is 13.7 Å². The summed E-state index contributed by atoms with van der Waals surface area (Å²) in [4.78, 5) is 28.5. The second kappa shape index (κ2) is 9.59. The predicted molar refractivity (Wildman–Crippen MR) is 114 cm³/mol. The number of Topliss-reactive ketones (excluding diaryl/α,β-unsaturated/α-hetero) is 1. The van der Waals surface area contributed by atoms with E-state index >= 15 is 0 Å². The van der Waals surface area contributed by atoms with Crippen LogP contribution >= 0.6 is 11.6 Å². The van der Waals surface area contributed by atoms with E-state index in [0.717, 1.165) is 30.1 Å². The van der Waals surface area contributed by atoms with Gasteiger partial charge in [-0.2, -0.15) is 0 Å². The lowest BCUT2D eigenvalue weighted by molar-refractivity contribution is 0.0474. The molecule has 1 aromatic carbocycles. The van der Waals surface area contributed by atoms with Gasteiger partial charge in [-0.05, 0) is 56.2 Å². The Balaban J connectivity index is 1.62. The maximum atomic E-state index is 12.6. The van der Waals surface area contributed by atoms with E-state index in [-0.39, 0.29) is 23.1 Å². The quantitative estimate of drug-likeness (QED) is 0.302. The fraction of sp³-hybridized carbons (Fsp3) is 0.261. The second-order valence-corrected chi connectivity index (χ2v) is 7.29. The third kappa shape index (κ3) is 5.07. The van der Waals surface area contributed by atoms with E-state index in [4.69, 9.17) is 21.1 Å². The predicted octanol–water partition coefficient (Wildman–Crippen LogP) is 4.44. The zero-order chi connectivity index (χ0) is 21.7. The molecule has 0 unspecified atom stereocenters. The van der Waals surface area contributed by atoms with Gasteiger partial charge in [0.2, 0.25) is 5.78 Å². The number of aryl methyl sites for hydroxylation is 2. The molecule has 0 saturated heterocycles. The molecule has 0 aliphatic rings. The van der Waals surface area contributed by atoms with Crippen LogP contribution in [0.25, 0.3) is 0 Å². The number of ether oxygens (including phenoxy) is 2. The van der Waals surface area contributed by atoms with Gasteiger partial charge < -0.3 is 14.0 Å². The first-order valence-electron chi connectivity index (χ1n) is 9.50. The van der Waals surface area contributed by atoms with Crippen LogP contribution in [0, 0.1) is 13.8 Å². The Kier molecular flexibility index (Phi) is 6.90. The van der Waals surface area contributed by atoms with Crippen molar-refractivity contribution in [2.24, 2.45) is 0 Å². The van der Waals surface area contributed by atoms with Gasteiger partial charge in [0, 0.05) is 29.7 Å². The Hall–Kier alpha value is -3.12.